The Kier molecular flexibility index (Phi) is 6.62. The van der Waals surface area contributed by atoms with Gasteiger partial charge in [-0.25, -0.2) is 15.0 Å². The molecular weight excluding hydrogens is 412 g/mol. The molecule has 5 rings (SSSR count). The third-order valence-corrected chi connectivity index (χ3v) is 6.66. The van der Waals surface area contributed by atoms with E-state index in [1.165, 1.54) is 32.1 Å². The maximum absolute atomic E-state index is 6.66. The molecule has 1 aliphatic heterocycles. The largest absolute Gasteiger partial charge is 0.398 e. The SMILES string of the molecule is Nc1cc(Nc2cnccn2)nc(-c2ccnc(N3CCNCC3)c2)c1CC1CCCCC1. The first-order valence-corrected chi connectivity index (χ1v) is 12.0. The Balaban J connectivity index is 1.52. The second-order valence-electron chi connectivity index (χ2n) is 8.99. The minimum Gasteiger partial charge on any atom is -0.398 e. The molecule has 0 aromatic carbocycles. The molecule has 1 saturated carbocycles. The van der Waals surface area contributed by atoms with Crippen molar-refractivity contribution in [2.24, 2.45) is 5.92 Å². The summed E-state index contributed by atoms with van der Waals surface area (Å²) in [6.45, 7) is 3.85. The quantitative estimate of drug-likeness (QED) is 0.527. The van der Waals surface area contributed by atoms with Crippen molar-refractivity contribution in [1.82, 2.24) is 25.3 Å². The lowest BCUT2D eigenvalue weighted by Gasteiger charge is -2.29. The highest BCUT2D eigenvalue weighted by atomic mass is 15.2. The summed E-state index contributed by atoms with van der Waals surface area (Å²) in [6, 6.07) is 6.13. The zero-order chi connectivity index (χ0) is 22.5. The van der Waals surface area contributed by atoms with Crippen molar-refractivity contribution in [3.8, 4) is 11.3 Å². The molecule has 33 heavy (non-hydrogen) atoms. The number of piperazine rings is 1. The van der Waals surface area contributed by atoms with Crippen LogP contribution < -0.4 is 21.3 Å². The molecule has 3 aromatic rings. The molecule has 2 aliphatic rings. The molecule has 0 atom stereocenters. The minimum absolute atomic E-state index is 0.645. The van der Waals surface area contributed by atoms with Crippen molar-refractivity contribution in [2.75, 3.05) is 42.1 Å². The van der Waals surface area contributed by atoms with Crippen LogP contribution in [0.4, 0.5) is 23.1 Å². The number of nitrogen functional groups attached to an aromatic ring is 1. The lowest BCUT2D eigenvalue weighted by Crippen LogP contribution is -2.43. The standard InChI is InChI=1S/C25H32N8/c26-21-16-22(31-23-17-28-8-9-29-23)32-25(20(21)14-18-4-2-1-3-5-18)19-6-7-30-24(15-19)33-12-10-27-11-13-33/h6-9,15-18,27H,1-5,10-14H2,(H3,26,29,31,32). The van der Waals surface area contributed by atoms with Gasteiger partial charge >= 0.3 is 0 Å². The monoisotopic (exact) mass is 444 g/mol. The van der Waals surface area contributed by atoms with Crippen LogP contribution in [-0.2, 0) is 6.42 Å². The van der Waals surface area contributed by atoms with E-state index >= 15 is 0 Å². The normalized spacial score (nSPS) is 17.2. The van der Waals surface area contributed by atoms with Gasteiger partial charge in [0.1, 0.15) is 17.5 Å². The van der Waals surface area contributed by atoms with Gasteiger partial charge in [0.2, 0.25) is 0 Å². The fourth-order valence-corrected chi connectivity index (χ4v) is 4.92. The van der Waals surface area contributed by atoms with E-state index < -0.39 is 0 Å². The summed E-state index contributed by atoms with van der Waals surface area (Å²) in [7, 11) is 0. The van der Waals surface area contributed by atoms with E-state index in [0.717, 1.165) is 60.9 Å². The van der Waals surface area contributed by atoms with Gasteiger partial charge in [-0.15, -0.1) is 0 Å². The predicted octanol–water partition coefficient (Wildman–Crippen LogP) is 3.79. The maximum Gasteiger partial charge on any atom is 0.150 e. The molecule has 0 amide bonds. The van der Waals surface area contributed by atoms with E-state index in [-0.39, 0.29) is 0 Å². The van der Waals surface area contributed by atoms with Crippen molar-refractivity contribution in [1.29, 1.82) is 0 Å². The smallest absolute Gasteiger partial charge is 0.150 e. The fourth-order valence-electron chi connectivity index (χ4n) is 4.92. The van der Waals surface area contributed by atoms with Gasteiger partial charge < -0.3 is 21.3 Å². The summed E-state index contributed by atoms with van der Waals surface area (Å²) in [4.78, 5) is 20.5. The van der Waals surface area contributed by atoms with Crippen LogP contribution in [0.15, 0.2) is 43.0 Å². The van der Waals surface area contributed by atoms with Crippen LogP contribution in [0, 0.1) is 5.92 Å². The highest BCUT2D eigenvalue weighted by Gasteiger charge is 2.21. The summed E-state index contributed by atoms with van der Waals surface area (Å²) >= 11 is 0. The number of anilines is 4. The number of pyridine rings is 2. The zero-order valence-electron chi connectivity index (χ0n) is 19.0. The molecule has 4 N–H and O–H groups in total. The molecule has 1 saturated heterocycles. The van der Waals surface area contributed by atoms with Gasteiger partial charge in [0.15, 0.2) is 0 Å². The van der Waals surface area contributed by atoms with E-state index in [4.69, 9.17) is 10.7 Å². The van der Waals surface area contributed by atoms with Crippen molar-refractivity contribution < 1.29 is 0 Å². The molecular formula is C25H32N8. The minimum atomic E-state index is 0.645. The average Bonchev–Trinajstić information content (AvgIpc) is 2.87. The molecule has 8 nitrogen and oxygen atoms in total. The molecule has 3 aromatic heterocycles. The Morgan fingerprint density at radius 1 is 1.00 bits per heavy atom. The Hall–Kier alpha value is -3.26. The Labute approximate surface area is 195 Å². The van der Waals surface area contributed by atoms with Gasteiger partial charge in [-0.2, -0.15) is 0 Å². The number of nitrogens with two attached hydrogens (primary N) is 1. The molecule has 172 valence electrons. The molecule has 0 spiro atoms. The van der Waals surface area contributed by atoms with Crippen LogP contribution in [0.5, 0.6) is 0 Å². The van der Waals surface area contributed by atoms with E-state index in [9.17, 15) is 0 Å². The third-order valence-electron chi connectivity index (χ3n) is 6.66. The number of hydrogen-bond donors (Lipinski definition) is 3. The molecule has 0 unspecified atom stereocenters. The van der Waals surface area contributed by atoms with Crippen molar-refractivity contribution >= 4 is 23.1 Å². The van der Waals surface area contributed by atoms with Gasteiger partial charge in [-0.1, -0.05) is 32.1 Å². The number of nitrogens with one attached hydrogen (secondary N) is 2. The third kappa shape index (κ3) is 5.22. The van der Waals surface area contributed by atoms with Crippen LogP contribution in [0.2, 0.25) is 0 Å². The molecule has 2 fully saturated rings. The topological polar surface area (TPSA) is 105 Å². The lowest BCUT2D eigenvalue weighted by molar-refractivity contribution is 0.357. The number of nitrogens with zero attached hydrogens (tertiary/aromatic N) is 5. The van der Waals surface area contributed by atoms with Gasteiger partial charge in [-0.05, 0) is 24.5 Å². The molecule has 4 heterocycles. The summed E-state index contributed by atoms with van der Waals surface area (Å²) in [6.07, 6.45) is 14.3. The Morgan fingerprint density at radius 2 is 1.85 bits per heavy atom. The van der Waals surface area contributed by atoms with Gasteiger partial charge in [0.25, 0.3) is 0 Å². The van der Waals surface area contributed by atoms with Gasteiger partial charge in [0.05, 0.1) is 11.9 Å². The number of hydrogen-bond acceptors (Lipinski definition) is 8. The number of aromatic nitrogens is 4. The van der Waals surface area contributed by atoms with E-state index in [1.54, 1.807) is 18.6 Å². The first-order chi connectivity index (χ1) is 16.3. The van der Waals surface area contributed by atoms with Crippen molar-refractivity contribution in [3.63, 3.8) is 0 Å². The van der Waals surface area contributed by atoms with Crippen LogP contribution in [0.3, 0.4) is 0 Å². The summed E-state index contributed by atoms with van der Waals surface area (Å²) in [5, 5.41) is 6.67. The lowest BCUT2D eigenvalue weighted by atomic mass is 9.83. The van der Waals surface area contributed by atoms with Crippen LogP contribution >= 0.6 is 0 Å². The summed E-state index contributed by atoms with van der Waals surface area (Å²) in [5.74, 6) is 2.97. The van der Waals surface area contributed by atoms with E-state index in [1.807, 2.05) is 18.3 Å². The molecule has 1 aliphatic carbocycles. The second-order valence-corrected chi connectivity index (χ2v) is 8.99. The average molecular weight is 445 g/mol. The maximum atomic E-state index is 6.66. The highest BCUT2D eigenvalue weighted by Crippen LogP contribution is 2.35. The van der Waals surface area contributed by atoms with Gasteiger partial charge in [0, 0.05) is 67.7 Å². The van der Waals surface area contributed by atoms with Crippen LogP contribution in [-0.4, -0.2) is 46.1 Å². The molecule has 0 bridgehead atoms. The number of rotatable bonds is 6. The Morgan fingerprint density at radius 3 is 2.64 bits per heavy atom. The van der Waals surface area contributed by atoms with Gasteiger partial charge in [-0.3, -0.25) is 4.98 Å². The first-order valence-electron chi connectivity index (χ1n) is 12.0. The van der Waals surface area contributed by atoms with Crippen molar-refractivity contribution in [2.45, 2.75) is 38.5 Å². The first kappa shape index (κ1) is 21.6. The summed E-state index contributed by atoms with van der Waals surface area (Å²) < 4.78 is 0. The van der Waals surface area contributed by atoms with Crippen LogP contribution in [0.1, 0.15) is 37.7 Å². The zero-order valence-corrected chi connectivity index (χ0v) is 19.0. The van der Waals surface area contributed by atoms with Crippen molar-refractivity contribution in [3.05, 3.63) is 48.5 Å². The van der Waals surface area contributed by atoms with Crippen LogP contribution in [0.25, 0.3) is 11.3 Å². The van der Waals surface area contributed by atoms with E-state index in [0.29, 0.717) is 17.6 Å². The predicted molar refractivity (Wildman–Crippen MR) is 133 cm³/mol. The molecule has 0 radical (unpaired) electrons. The second kappa shape index (κ2) is 10.1. The highest BCUT2D eigenvalue weighted by molar-refractivity contribution is 5.75. The van der Waals surface area contributed by atoms with E-state index in [2.05, 4.69) is 36.6 Å². The fraction of sp³-hybridized carbons (Fsp3) is 0.440. The molecule has 8 heteroatoms. The summed E-state index contributed by atoms with van der Waals surface area (Å²) in [5.41, 5.74) is 10.6. The Bertz CT molecular complexity index is 1060.